The molecule has 1 unspecified atom stereocenters. The molecule has 0 amide bonds. The molecule has 0 aromatic heterocycles. The van der Waals surface area contributed by atoms with Crippen molar-refractivity contribution >= 4 is 5.96 Å². The van der Waals surface area contributed by atoms with Crippen molar-refractivity contribution in [3.05, 3.63) is 29.8 Å². The maximum Gasteiger partial charge on any atom is 0.191 e. The van der Waals surface area contributed by atoms with Crippen LogP contribution in [0.3, 0.4) is 0 Å². The number of benzene rings is 1. The van der Waals surface area contributed by atoms with E-state index in [9.17, 15) is 0 Å². The molecular formula is C20H34N4O. The van der Waals surface area contributed by atoms with Gasteiger partial charge in [0.15, 0.2) is 5.96 Å². The highest BCUT2D eigenvalue weighted by atomic mass is 16.5. The van der Waals surface area contributed by atoms with E-state index < -0.39 is 0 Å². The Balaban J connectivity index is 1.98. The number of hydrogen-bond donors (Lipinski definition) is 2. The van der Waals surface area contributed by atoms with Crippen molar-refractivity contribution in [1.82, 2.24) is 15.5 Å². The van der Waals surface area contributed by atoms with Gasteiger partial charge in [-0.1, -0.05) is 26.0 Å². The summed E-state index contributed by atoms with van der Waals surface area (Å²) in [5, 5.41) is 6.93. The highest BCUT2D eigenvalue weighted by Gasteiger charge is 2.23. The Morgan fingerprint density at radius 1 is 1.16 bits per heavy atom. The summed E-state index contributed by atoms with van der Waals surface area (Å²) >= 11 is 0. The van der Waals surface area contributed by atoms with E-state index in [2.05, 4.69) is 46.5 Å². The summed E-state index contributed by atoms with van der Waals surface area (Å²) in [7, 11) is 3.55. The van der Waals surface area contributed by atoms with Crippen molar-refractivity contribution in [3.63, 3.8) is 0 Å². The van der Waals surface area contributed by atoms with Crippen molar-refractivity contribution in [2.75, 3.05) is 40.3 Å². The number of nitrogens with zero attached hydrogens (tertiary/aromatic N) is 2. The molecule has 140 valence electrons. The van der Waals surface area contributed by atoms with Crippen LogP contribution in [0.15, 0.2) is 29.3 Å². The Morgan fingerprint density at radius 3 is 2.40 bits per heavy atom. The second-order valence-electron chi connectivity index (χ2n) is 7.09. The number of rotatable bonds is 8. The number of hydrogen-bond acceptors (Lipinski definition) is 3. The lowest BCUT2D eigenvalue weighted by Gasteiger charge is -2.29. The summed E-state index contributed by atoms with van der Waals surface area (Å²) in [5.74, 6) is 2.49. The molecule has 1 aliphatic heterocycles. The summed E-state index contributed by atoms with van der Waals surface area (Å²) in [5.41, 5.74) is 1.33. The zero-order valence-electron chi connectivity index (χ0n) is 16.2. The minimum absolute atomic E-state index is 0.358. The molecule has 5 heteroatoms. The largest absolute Gasteiger partial charge is 0.497 e. The number of ether oxygens (including phenoxy) is 1. The zero-order chi connectivity index (χ0) is 18.1. The third-order valence-corrected chi connectivity index (χ3v) is 4.78. The van der Waals surface area contributed by atoms with E-state index in [0.29, 0.717) is 12.0 Å². The standard InChI is InChI=1S/C20H34N4O/c1-16(2)11-12-22-20(21-3)23-15-19(24-13-5-6-14-24)17-7-9-18(25-4)10-8-17/h7-10,16,19H,5-6,11-15H2,1-4H3,(H2,21,22,23). The van der Waals surface area contributed by atoms with E-state index in [0.717, 1.165) is 44.3 Å². The van der Waals surface area contributed by atoms with Crippen molar-refractivity contribution < 1.29 is 4.74 Å². The van der Waals surface area contributed by atoms with Gasteiger partial charge in [0.1, 0.15) is 5.75 Å². The first-order valence-corrected chi connectivity index (χ1v) is 9.46. The van der Waals surface area contributed by atoms with E-state index in [1.54, 1.807) is 7.11 Å². The maximum atomic E-state index is 5.30. The Labute approximate surface area is 152 Å². The molecule has 5 nitrogen and oxygen atoms in total. The van der Waals surface area contributed by atoms with Gasteiger partial charge in [0, 0.05) is 20.1 Å². The van der Waals surface area contributed by atoms with Gasteiger partial charge < -0.3 is 15.4 Å². The Morgan fingerprint density at radius 2 is 1.84 bits per heavy atom. The van der Waals surface area contributed by atoms with Crippen LogP contribution in [0.25, 0.3) is 0 Å². The van der Waals surface area contributed by atoms with Gasteiger partial charge >= 0.3 is 0 Å². The van der Waals surface area contributed by atoms with Crippen molar-refractivity contribution in [3.8, 4) is 5.75 Å². The Hall–Kier alpha value is -1.75. The van der Waals surface area contributed by atoms with Gasteiger partial charge in [-0.15, -0.1) is 0 Å². The van der Waals surface area contributed by atoms with Crippen LogP contribution in [-0.4, -0.2) is 51.2 Å². The lowest BCUT2D eigenvalue weighted by Crippen LogP contribution is -2.43. The molecule has 0 radical (unpaired) electrons. The molecule has 1 fully saturated rings. The van der Waals surface area contributed by atoms with Gasteiger partial charge in [-0.3, -0.25) is 9.89 Å². The molecule has 0 aliphatic carbocycles. The van der Waals surface area contributed by atoms with Crippen LogP contribution < -0.4 is 15.4 Å². The second kappa shape index (κ2) is 10.3. The predicted molar refractivity (Wildman–Crippen MR) is 105 cm³/mol. The number of aliphatic imine (C=N–C) groups is 1. The van der Waals surface area contributed by atoms with Crippen LogP contribution in [-0.2, 0) is 0 Å². The molecule has 1 heterocycles. The van der Waals surface area contributed by atoms with Crippen molar-refractivity contribution in [1.29, 1.82) is 0 Å². The van der Waals surface area contributed by atoms with Crippen LogP contribution >= 0.6 is 0 Å². The van der Waals surface area contributed by atoms with E-state index in [1.807, 2.05) is 19.2 Å². The summed E-state index contributed by atoms with van der Waals surface area (Å²) in [4.78, 5) is 6.93. The second-order valence-corrected chi connectivity index (χ2v) is 7.09. The third kappa shape index (κ3) is 6.24. The molecule has 1 aromatic rings. The quantitative estimate of drug-likeness (QED) is 0.561. The van der Waals surface area contributed by atoms with Crippen molar-refractivity contribution in [2.45, 2.75) is 39.2 Å². The first-order valence-electron chi connectivity index (χ1n) is 9.46. The average Bonchev–Trinajstić information content (AvgIpc) is 3.15. The highest BCUT2D eigenvalue weighted by molar-refractivity contribution is 5.79. The topological polar surface area (TPSA) is 48.9 Å². The van der Waals surface area contributed by atoms with Crippen LogP contribution in [0, 0.1) is 5.92 Å². The monoisotopic (exact) mass is 346 g/mol. The Kier molecular flexibility index (Phi) is 8.06. The molecule has 1 atom stereocenters. The van der Waals surface area contributed by atoms with E-state index >= 15 is 0 Å². The molecule has 2 rings (SSSR count). The molecule has 2 N–H and O–H groups in total. The van der Waals surface area contributed by atoms with Crippen molar-refractivity contribution in [2.24, 2.45) is 10.9 Å². The molecule has 0 saturated carbocycles. The maximum absolute atomic E-state index is 5.30. The van der Waals surface area contributed by atoms with E-state index in [-0.39, 0.29) is 0 Å². The molecular weight excluding hydrogens is 312 g/mol. The minimum Gasteiger partial charge on any atom is -0.497 e. The van der Waals surface area contributed by atoms with Gasteiger partial charge in [0.05, 0.1) is 13.2 Å². The molecule has 0 spiro atoms. The number of guanidine groups is 1. The summed E-state index contributed by atoms with van der Waals surface area (Å²) in [6, 6.07) is 8.82. The Bertz CT molecular complexity index is 521. The fourth-order valence-electron chi connectivity index (χ4n) is 3.23. The van der Waals surface area contributed by atoms with Crippen LogP contribution in [0.5, 0.6) is 5.75 Å². The normalized spacial score (nSPS) is 16.9. The van der Waals surface area contributed by atoms with Gasteiger partial charge in [-0.2, -0.15) is 0 Å². The first kappa shape index (κ1) is 19.6. The van der Waals surface area contributed by atoms with Gasteiger partial charge in [0.2, 0.25) is 0 Å². The highest BCUT2D eigenvalue weighted by Crippen LogP contribution is 2.26. The molecule has 1 saturated heterocycles. The zero-order valence-corrected chi connectivity index (χ0v) is 16.2. The summed E-state index contributed by atoms with van der Waals surface area (Å²) in [6.07, 6.45) is 3.72. The number of nitrogens with one attached hydrogen (secondary N) is 2. The summed E-state index contributed by atoms with van der Waals surface area (Å²) < 4.78 is 5.30. The minimum atomic E-state index is 0.358. The van der Waals surface area contributed by atoms with Crippen LogP contribution in [0.4, 0.5) is 0 Å². The van der Waals surface area contributed by atoms with Gasteiger partial charge in [-0.05, 0) is 56.0 Å². The predicted octanol–water partition coefficient (Wildman–Crippen LogP) is 3.04. The number of likely N-dealkylation sites (tertiary alicyclic amines) is 1. The smallest absolute Gasteiger partial charge is 0.191 e. The van der Waals surface area contributed by atoms with Crippen LogP contribution in [0.2, 0.25) is 0 Å². The third-order valence-electron chi connectivity index (χ3n) is 4.78. The lowest BCUT2D eigenvalue weighted by molar-refractivity contribution is 0.245. The number of methoxy groups -OCH3 is 1. The fourth-order valence-corrected chi connectivity index (χ4v) is 3.23. The van der Waals surface area contributed by atoms with E-state index in [1.165, 1.54) is 18.4 Å². The SMILES string of the molecule is CN=C(NCCC(C)C)NCC(c1ccc(OC)cc1)N1CCCC1. The molecule has 25 heavy (non-hydrogen) atoms. The summed E-state index contributed by atoms with van der Waals surface area (Å²) in [6.45, 7) is 8.62. The van der Waals surface area contributed by atoms with Gasteiger partial charge in [-0.25, -0.2) is 0 Å². The average molecular weight is 347 g/mol. The molecule has 1 aliphatic rings. The van der Waals surface area contributed by atoms with Gasteiger partial charge in [0.25, 0.3) is 0 Å². The first-order chi connectivity index (χ1) is 12.1. The fraction of sp³-hybridized carbons (Fsp3) is 0.650. The molecule has 1 aromatic carbocycles. The van der Waals surface area contributed by atoms with E-state index in [4.69, 9.17) is 4.74 Å². The molecule has 0 bridgehead atoms. The lowest BCUT2D eigenvalue weighted by atomic mass is 10.1. The van der Waals surface area contributed by atoms with Crippen LogP contribution in [0.1, 0.15) is 44.7 Å².